The van der Waals surface area contributed by atoms with Crippen LogP contribution in [0.2, 0.25) is 0 Å². The van der Waals surface area contributed by atoms with Gasteiger partial charge in [-0.15, -0.1) is 0 Å². The second-order valence-electron chi connectivity index (χ2n) is 9.75. The molecule has 1 saturated heterocycles. The lowest BCUT2D eigenvalue weighted by Crippen LogP contribution is -2.56. The molecule has 2 fully saturated rings. The highest BCUT2D eigenvalue weighted by Crippen LogP contribution is 2.43. The van der Waals surface area contributed by atoms with E-state index in [0.717, 1.165) is 64.4 Å². The van der Waals surface area contributed by atoms with E-state index in [-0.39, 0.29) is 0 Å². The van der Waals surface area contributed by atoms with Gasteiger partial charge in [0.25, 0.3) is 0 Å². The molecule has 7 rings (SSSR count). The maximum Gasteiger partial charge on any atom is 0.239 e. The van der Waals surface area contributed by atoms with Crippen molar-refractivity contribution in [1.29, 1.82) is 0 Å². The molecule has 0 bridgehead atoms. The summed E-state index contributed by atoms with van der Waals surface area (Å²) in [5.41, 5.74) is 6.03. The van der Waals surface area contributed by atoms with Crippen molar-refractivity contribution in [2.24, 2.45) is 0 Å². The van der Waals surface area contributed by atoms with E-state index in [4.69, 9.17) is 9.97 Å². The van der Waals surface area contributed by atoms with E-state index in [1.165, 1.54) is 12.0 Å². The van der Waals surface area contributed by atoms with E-state index in [1.54, 1.807) is 12.4 Å². The smallest absolute Gasteiger partial charge is 0.239 e. The van der Waals surface area contributed by atoms with Crippen molar-refractivity contribution in [3.05, 3.63) is 52.8 Å². The van der Waals surface area contributed by atoms with E-state index in [9.17, 15) is 5.21 Å². The van der Waals surface area contributed by atoms with Gasteiger partial charge in [-0.05, 0) is 54.9 Å². The van der Waals surface area contributed by atoms with Gasteiger partial charge in [0, 0.05) is 42.1 Å². The van der Waals surface area contributed by atoms with Gasteiger partial charge in [-0.25, -0.2) is 9.97 Å². The summed E-state index contributed by atoms with van der Waals surface area (Å²) in [6, 6.07) is 1.98. The second-order valence-corrected chi connectivity index (χ2v) is 9.75. The number of hydrogen-bond acceptors (Lipinski definition) is 6. The van der Waals surface area contributed by atoms with Crippen LogP contribution in [0.3, 0.4) is 0 Å². The zero-order chi connectivity index (χ0) is 22.7. The number of allylic oxidation sites excluding steroid dienone is 1. The number of aromatic amines is 1. The summed E-state index contributed by atoms with van der Waals surface area (Å²) in [5.74, 6) is 1.63. The number of H-pyrrole nitrogens is 1. The predicted octanol–water partition coefficient (Wildman–Crippen LogP) is 4.20. The van der Waals surface area contributed by atoms with Gasteiger partial charge in [0.1, 0.15) is 5.65 Å². The number of rotatable bonds is 3. The molecule has 172 valence electrons. The Balaban J connectivity index is 1.51. The summed E-state index contributed by atoms with van der Waals surface area (Å²) in [5, 5.41) is 19.5. The third kappa shape index (κ3) is 3.02. The third-order valence-electron chi connectivity index (χ3n) is 7.76. The van der Waals surface area contributed by atoms with Gasteiger partial charge in [-0.1, -0.05) is 12.5 Å². The molecular formula is C26H27N7O. The van der Waals surface area contributed by atoms with Crippen LogP contribution < -0.4 is 9.96 Å². The molecule has 0 aromatic carbocycles. The quantitative estimate of drug-likeness (QED) is 0.356. The first-order valence-corrected chi connectivity index (χ1v) is 12.3. The van der Waals surface area contributed by atoms with Crippen LogP contribution in [0.5, 0.6) is 0 Å². The molecule has 2 aliphatic carbocycles. The highest BCUT2D eigenvalue weighted by atomic mass is 16.5. The summed E-state index contributed by atoms with van der Waals surface area (Å²) in [7, 11) is 0. The number of fused-ring (bicyclic) bond motifs is 4. The van der Waals surface area contributed by atoms with Gasteiger partial charge in [0.05, 0.1) is 30.2 Å². The molecule has 5 heterocycles. The zero-order valence-electron chi connectivity index (χ0n) is 19.0. The molecule has 3 aliphatic rings. The summed E-state index contributed by atoms with van der Waals surface area (Å²) in [4.78, 5) is 22.7. The number of nitrogens with one attached hydrogen (secondary N) is 2. The fraction of sp³-hybridized carbons (Fsp3) is 0.385. The Labute approximate surface area is 197 Å². The van der Waals surface area contributed by atoms with E-state index in [0.29, 0.717) is 43.7 Å². The summed E-state index contributed by atoms with van der Waals surface area (Å²) in [6.45, 7) is 2.30. The Morgan fingerprint density at radius 1 is 1.06 bits per heavy atom. The number of hydrogen-bond donors (Lipinski definition) is 2. The van der Waals surface area contributed by atoms with Crippen LogP contribution in [0.15, 0.2) is 30.7 Å². The van der Waals surface area contributed by atoms with Gasteiger partial charge in [-0.3, -0.25) is 4.98 Å². The molecule has 1 saturated carbocycles. The number of aromatic nitrogens is 5. The average Bonchev–Trinajstić information content (AvgIpc) is 3.22. The van der Waals surface area contributed by atoms with Crippen molar-refractivity contribution in [1.82, 2.24) is 34.9 Å². The van der Waals surface area contributed by atoms with Crippen molar-refractivity contribution < 1.29 is 0 Å². The molecule has 34 heavy (non-hydrogen) atoms. The van der Waals surface area contributed by atoms with E-state index < -0.39 is 4.65 Å². The first kappa shape index (κ1) is 20.2. The molecule has 0 amide bonds. The average molecular weight is 454 g/mol. The number of piperazine rings is 1. The van der Waals surface area contributed by atoms with Crippen LogP contribution >= 0.6 is 0 Å². The van der Waals surface area contributed by atoms with E-state index in [1.807, 2.05) is 12.3 Å². The number of hydroxylamine groups is 2. The largest absolute Gasteiger partial charge is 0.626 e. The topological polar surface area (TPSA) is 102 Å². The van der Waals surface area contributed by atoms with Gasteiger partial charge in [-0.2, -0.15) is 4.98 Å². The first-order valence-electron chi connectivity index (χ1n) is 12.3. The predicted molar refractivity (Wildman–Crippen MR) is 134 cm³/mol. The van der Waals surface area contributed by atoms with Gasteiger partial charge >= 0.3 is 0 Å². The fourth-order valence-corrected chi connectivity index (χ4v) is 5.72. The molecule has 8 nitrogen and oxygen atoms in total. The molecule has 0 atom stereocenters. The molecular weight excluding hydrogens is 426 g/mol. The van der Waals surface area contributed by atoms with Crippen molar-refractivity contribution in [2.75, 3.05) is 26.2 Å². The summed E-state index contributed by atoms with van der Waals surface area (Å²) >= 11 is 0. The number of nitrogens with zero attached hydrogens (tertiary/aromatic N) is 5. The third-order valence-corrected chi connectivity index (χ3v) is 7.76. The number of pyridine rings is 2. The van der Waals surface area contributed by atoms with Crippen molar-refractivity contribution in [2.45, 2.75) is 38.0 Å². The normalized spacial score (nSPS) is 19.9. The fourth-order valence-electron chi connectivity index (χ4n) is 5.72. The molecule has 0 spiro atoms. The lowest BCUT2D eigenvalue weighted by molar-refractivity contribution is 0.316. The number of aryl methyl sites for hydroxylation is 1. The minimum atomic E-state index is -0.426. The Kier molecular flexibility index (Phi) is 4.55. The molecule has 1 aliphatic heterocycles. The minimum absolute atomic E-state index is 0.426. The molecule has 8 heteroatoms. The first-order chi connectivity index (χ1) is 16.7. The lowest BCUT2D eigenvalue weighted by atomic mass is 9.79. The minimum Gasteiger partial charge on any atom is -0.626 e. The lowest BCUT2D eigenvalue weighted by Gasteiger charge is -2.44. The Bertz CT molecular complexity index is 1450. The van der Waals surface area contributed by atoms with Gasteiger partial charge < -0.3 is 20.2 Å². The number of quaternary nitrogens is 1. The van der Waals surface area contributed by atoms with Crippen LogP contribution in [0.1, 0.15) is 48.4 Å². The molecule has 2 N–H and O–H groups in total. The van der Waals surface area contributed by atoms with Crippen LogP contribution in [0.4, 0.5) is 5.82 Å². The maximum atomic E-state index is 14.2. The molecule has 4 aromatic heterocycles. The van der Waals surface area contributed by atoms with Gasteiger partial charge in [0.15, 0.2) is 5.82 Å². The highest BCUT2D eigenvalue weighted by Gasteiger charge is 2.33. The van der Waals surface area contributed by atoms with E-state index >= 15 is 0 Å². The molecule has 0 radical (unpaired) electrons. The molecule has 4 aromatic rings. The highest BCUT2D eigenvalue weighted by molar-refractivity contribution is 5.99. The Hall–Kier alpha value is -3.20. The SMILES string of the molecule is [O-][N+]1(c2nc(-c3ccnc4[nH]c5c(c34)CCC=C5)nc3cncc(C4CCC4)c23)CCNCC1. The van der Waals surface area contributed by atoms with Crippen molar-refractivity contribution in [3.8, 4) is 11.4 Å². The van der Waals surface area contributed by atoms with Crippen LogP contribution in [-0.2, 0) is 6.42 Å². The van der Waals surface area contributed by atoms with Crippen LogP contribution in [0.25, 0.3) is 39.4 Å². The Morgan fingerprint density at radius 3 is 2.76 bits per heavy atom. The monoisotopic (exact) mass is 453 g/mol. The second kappa shape index (κ2) is 7.66. The standard InChI is InChI=1S/C26H27N7O/c34-33(12-10-27-11-13-33)26-23-19(16-4-3-5-16)14-28-15-21(23)31-24(32-26)18-8-9-29-25-22(18)17-6-1-2-7-20(17)30-25/h2,7-9,14-16,27H,1,3-6,10-13H2,(H,29,30). The van der Waals surface area contributed by atoms with Crippen molar-refractivity contribution in [3.63, 3.8) is 0 Å². The maximum absolute atomic E-state index is 14.2. The van der Waals surface area contributed by atoms with Crippen LogP contribution in [0, 0.1) is 5.21 Å². The zero-order valence-corrected chi connectivity index (χ0v) is 19.0. The Morgan fingerprint density at radius 2 is 1.94 bits per heavy atom. The van der Waals surface area contributed by atoms with Gasteiger partial charge in [0.2, 0.25) is 5.82 Å². The van der Waals surface area contributed by atoms with E-state index in [2.05, 4.69) is 32.4 Å². The van der Waals surface area contributed by atoms with Crippen molar-refractivity contribution >= 4 is 33.8 Å². The summed E-state index contributed by atoms with van der Waals surface area (Å²) in [6.07, 6.45) is 15.3. The summed E-state index contributed by atoms with van der Waals surface area (Å²) < 4.78 is -0.426. The van der Waals surface area contributed by atoms with Crippen LogP contribution in [-0.4, -0.2) is 51.1 Å². The molecule has 0 unspecified atom stereocenters.